The number of nitrogens with zero attached hydrogens (tertiary/aromatic N) is 1. The molecule has 2 aliphatic rings. The number of likely N-dealkylation sites (tertiary alicyclic amines) is 1. The van der Waals surface area contributed by atoms with E-state index in [9.17, 15) is 9.59 Å². The highest BCUT2D eigenvalue weighted by atomic mass is 16.2. The second kappa shape index (κ2) is 7.13. The Morgan fingerprint density at radius 2 is 1.96 bits per heavy atom. The molecule has 0 bridgehead atoms. The average molecular weight is 315 g/mol. The highest BCUT2D eigenvalue weighted by molar-refractivity contribution is 5.89. The SMILES string of the molecule is NCC(NC(=O)C1CCCN1C(=O)Cc1ccccc1)C1CC1. The molecule has 0 spiro atoms. The van der Waals surface area contributed by atoms with E-state index in [4.69, 9.17) is 5.73 Å². The third-order valence-corrected chi connectivity index (χ3v) is 4.85. The summed E-state index contributed by atoms with van der Waals surface area (Å²) in [6.45, 7) is 1.14. The molecule has 5 heteroatoms. The standard InChI is InChI=1S/C18H25N3O2/c19-12-15(14-8-9-14)20-18(23)16-7-4-10-21(16)17(22)11-13-5-2-1-3-6-13/h1-3,5-6,14-16H,4,7-12,19H2,(H,20,23). The van der Waals surface area contributed by atoms with Gasteiger partial charge in [-0.05, 0) is 37.2 Å². The van der Waals surface area contributed by atoms with Crippen molar-refractivity contribution in [2.24, 2.45) is 11.7 Å². The Bertz CT molecular complexity index is 557. The summed E-state index contributed by atoms with van der Waals surface area (Å²) in [5.74, 6) is 0.523. The van der Waals surface area contributed by atoms with Gasteiger partial charge in [-0.15, -0.1) is 0 Å². The fraction of sp³-hybridized carbons (Fsp3) is 0.556. The molecular formula is C18H25N3O2. The van der Waals surface area contributed by atoms with Gasteiger partial charge in [-0.3, -0.25) is 9.59 Å². The van der Waals surface area contributed by atoms with Crippen molar-refractivity contribution in [2.75, 3.05) is 13.1 Å². The summed E-state index contributed by atoms with van der Waals surface area (Å²) >= 11 is 0. The summed E-state index contributed by atoms with van der Waals surface area (Å²) in [5, 5.41) is 3.06. The van der Waals surface area contributed by atoms with Crippen LogP contribution in [0.5, 0.6) is 0 Å². The first-order valence-electron chi connectivity index (χ1n) is 8.53. The van der Waals surface area contributed by atoms with Crippen molar-refractivity contribution >= 4 is 11.8 Å². The van der Waals surface area contributed by atoms with E-state index in [0.29, 0.717) is 25.4 Å². The molecule has 1 heterocycles. The molecule has 0 aromatic heterocycles. The monoisotopic (exact) mass is 315 g/mol. The molecule has 2 amide bonds. The lowest BCUT2D eigenvalue weighted by molar-refractivity contribution is -0.138. The smallest absolute Gasteiger partial charge is 0.243 e. The summed E-state index contributed by atoms with van der Waals surface area (Å²) in [6, 6.07) is 9.41. The van der Waals surface area contributed by atoms with Crippen LogP contribution in [0.2, 0.25) is 0 Å². The Hall–Kier alpha value is -1.88. The number of carbonyl (C=O) groups is 2. The molecule has 2 fully saturated rings. The van der Waals surface area contributed by atoms with Crippen LogP contribution in [0.1, 0.15) is 31.2 Å². The molecule has 3 N–H and O–H groups in total. The van der Waals surface area contributed by atoms with Crippen LogP contribution in [0.3, 0.4) is 0 Å². The van der Waals surface area contributed by atoms with Gasteiger partial charge in [0.25, 0.3) is 0 Å². The molecule has 5 nitrogen and oxygen atoms in total. The van der Waals surface area contributed by atoms with E-state index in [1.165, 1.54) is 0 Å². The molecule has 0 radical (unpaired) electrons. The molecule has 2 unspecified atom stereocenters. The summed E-state index contributed by atoms with van der Waals surface area (Å²) in [7, 11) is 0. The molecule has 23 heavy (non-hydrogen) atoms. The third-order valence-electron chi connectivity index (χ3n) is 4.85. The predicted molar refractivity (Wildman–Crippen MR) is 88.6 cm³/mol. The molecule has 124 valence electrons. The van der Waals surface area contributed by atoms with E-state index in [1.54, 1.807) is 4.90 Å². The summed E-state index contributed by atoms with van der Waals surface area (Å²) < 4.78 is 0. The normalized spacial score (nSPS) is 22.0. The van der Waals surface area contributed by atoms with E-state index in [-0.39, 0.29) is 23.9 Å². The second-order valence-electron chi connectivity index (χ2n) is 6.60. The van der Waals surface area contributed by atoms with Crippen LogP contribution >= 0.6 is 0 Å². The number of hydrogen-bond acceptors (Lipinski definition) is 3. The number of nitrogens with two attached hydrogens (primary N) is 1. The van der Waals surface area contributed by atoms with Gasteiger partial charge in [0.15, 0.2) is 0 Å². The van der Waals surface area contributed by atoms with Crippen LogP contribution in [-0.2, 0) is 16.0 Å². The molecule has 2 atom stereocenters. The number of rotatable bonds is 6. The highest BCUT2D eigenvalue weighted by Crippen LogP contribution is 2.32. The van der Waals surface area contributed by atoms with Crippen molar-refractivity contribution < 1.29 is 9.59 Å². The molecular weight excluding hydrogens is 290 g/mol. The van der Waals surface area contributed by atoms with Gasteiger partial charge in [0.2, 0.25) is 11.8 Å². The second-order valence-corrected chi connectivity index (χ2v) is 6.60. The van der Waals surface area contributed by atoms with Crippen molar-refractivity contribution in [3.05, 3.63) is 35.9 Å². The van der Waals surface area contributed by atoms with Gasteiger partial charge < -0.3 is 16.0 Å². The minimum Gasteiger partial charge on any atom is -0.350 e. The van der Waals surface area contributed by atoms with Gasteiger partial charge in [-0.25, -0.2) is 0 Å². The minimum absolute atomic E-state index is 0.0320. The number of benzene rings is 1. The van der Waals surface area contributed by atoms with Gasteiger partial charge >= 0.3 is 0 Å². The zero-order valence-electron chi connectivity index (χ0n) is 13.4. The van der Waals surface area contributed by atoms with Crippen LogP contribution in [-0.4, -0.2) is 41.9 Å². The number of nitrogens with one attached hydrogen (secondary N) is 1. The molecule has 1 aliphatic carbocycles. The maximum Gasteiger partial charge on any atom is 0.243 e. The highest BCUT2D eigenvalue weighted by Gasteiger charge is 2.37. The maximum atomic E-state index is 12.6. The molecule has 1 aromatic carbocycles. The minimum atomic E-state index is -0.334. The first-order valence-corrected chi connectivity index (χ1v) is 8.53. The van der Waals surface area contributed by atoms with Crippen LogP contribution in [0.25, 0.3) is 0 Å². The summed E-state index contributed by atoms with van der Waals surface area (Å²) in [6.07, 6.45) is 4.27. The van der Waals surface area contributed by atoms with Crippen molar-refractivity contribution in [1.82, 2.24) is 10.2 Å². The molecule has 1 saturated carbocycles. The first kappa shape index (κ1) is 16.0. The van der Waals surface area contributed by atoms with E-state index >= 15 is 0 Å². The molecule has 3 rings (SSSR count). The fourth-order valence-corrected chi connectivity index (χ4v) is 3.36. The van der Waals surface area contributed by atoms with Gasteiger partial charge in [0, 0.05) is 19.1 Å². The van der Waals surface area contributed by atoms with Crippen molar-refractivity contribution in [3.63, 3.8) is 0 Å². The molecule has 1 saturated heterocycles. The summed E-state index contributed by atoms with van der Waals surface area (Å²) in [5.41, 5.74) is 6.75. The molecule has 1 aromatic rings. The lowest BCUT2D eigenvalue weighted by atomic mass is 10.1. The van der Waals surface area contributed by atoms with Crippen molar-refractivity contribution in [1.29, 1.82) is 0 Å². The van der Waals surface area contributed by atoms with Gasteiger partial charge in [0.1, 0.15) is 6.04 Å². The zero-order chi connectivity index (χ0) is 16.2. The van der Waals surface area contributed by atoms with Crippen LogP contribution in [0.15, 0.2) is 30.3 Å². The Morgan fingerprint density at radius 1 is 1.22 bits per heavy atom. The lowest BCUT2D eigenvalue weighted by Gasteiger charge is -2.26. The van der Waals surface area contributed by atoms with E-state index in [2.05, 4.69) is 5.32 Å². The predicted octanol–water partition coefficient (Wildman–Crippen LogP) is 1.07. The molecule has 1 aliphatic heterocycles. The Labute approximate surface area is 137 Å². The Balaban J connectivity index is 1.60. The largest absolute Gasteiger partial charge is 0.350 e. The van der Waals surface area contributed by atoms with E-state index < -0.39 is 0 Å². The van der Waals surface area contributed by atoms with Crippen LogP contribution in [0.4, 0.5) is 0 Å². The quantitative estimate of drug-likeness (QED) is 0.824. The number of amides is 2. The van der Waals surface area contributed by atoms with Gasteiger partial charge in [0.05, 0.1) is 6.42 Å². The van der Waals surface area contributed by atoms with Crippen LogP contribution < -0.4 is 11.1 Å². The number of hydrogen-bond donors (Lipinski definition) is 2. The Morgan fingerprint density at radius 3 is 2.61 bits per heavy atom. The fourth-order valence-electron chi connectivity index (χ4n) is 3.36. The van der Waals surface area contributed by atoms with Crippen molar-refractivity contribution in [2.45, 2.75) is 44.2 Å². The van der Waals surface area contributed by atoms with E-state index in [1.807, 2.05) is 30.3 Å². The zero-order valence-corrected chi connectivity index (χ0v) is 13.4. The summed E-state index contributed by atoms with van der Waals surface area (Å²) in [4.78, 5) is 26.8. The van der Waals surface area contributed by atoms with Crippen LogP contribution in [0, 0.1) is 5.92 Å². The number of carbonyl (C=O) groups excluding carboxylic acids is 2. The van der Waals surface area contributed by atoms with E-state index in [0.717, 1.165) is 31.2 Å². The van der Waals surface area contributed by atoms with Crippen molar-refractivity contribution in [3.8, 4) is 0 Å². The third kappa shape index (κ3) is 3.91. The first-order chi connectivity index (χ1) is 11.2. The van der Waals surface area contributed by atoms with Gasteiger partial charge in [-0.1, -0.05) is 30.3 Å². The topological polar surface area (TPSA) is 75.4 Å². The van der Waals surface area contributed by atoms with Gasteiger partial charge in [-0.2, -0.15) is 0 Å². The lowest BCUT2D eigenvalue weighted by Crippen LogP contribution is -2.51. The average Bonchev–Trinajstić information content (AvgIpc) is 3.28. The Kier molecular flexibility index (Phi) is 4.96. The maximum absolute atomic E-state index is 12.6.